The summed E-state index contributed by atoms with van der Waals surface area (Å²) in [4.78, 5) is 54.9. The number of rotatable bonds is 8. The lowest BCUT2D eigenvalue weighted by molar-refractivity contribution is -0.150. The molecular weight excluding hydrogens is 554 g/mol. The van der Waals surface area contributed by atoms with Gasteiger partial charge in [0.1, 0.15) is 6.10 Å². The van der Waals surface area contributed by atoms with Gasteiger partial charge in [-0.15, -0.1) is 0 Å². The number of nitrogens with one attached hydrogen (secondary N) is 1. The van der Waals surface area contributed by atoms with Crippen LogP contribution < -0.4 is 10.2 Å². The maximum Gasteiger partial charge on any atom is 0.264 e. The number of fused-ring (bicyclic) bond motifs is 2. The van der Waals surface area contributed by atoms with Gasteiger partial charge in [0.2, 0.25) is 5.91 Å². The molecule has 0 saturated carbocycles. The molecule has 10 nitrogen and oxygen atoms in total. The van der Waals surface area contributed by atoms with Crippen molar-refractivity contribution < 1.29 is 34.1 Å². The molecule has 3 aliphatic heterocycles. The molecule has 5 rings (SSSR count). The van der Waals surface area contributed by atoms with E-state index in [1.165, 1.54) is 6.92 Å². The van der Waals surface area contributed by atoms with Gasteiger partial charge in [-0.05, 0) is 56.6 Å². The first-order valence-corrected chi connectivity index (χ1v) is 17.7. The molecule has 0 aliphatic carbocycles. The summed E-state index contributed by atoms with van der Waals surface area (Å²) in [5, 5.41) is 22.0. The lowest BCUT2D eigenvalue weighted by Gasteiger charge is -2.32. The fourth-order valence-electron chi connectivity index (χ4n) is 7.21. The van der Waals surface area contributed by atoms with Crippen molar-refractivity contribution in [1.29, 1.82) is 0 Å². The molecule has 226 valence electrons. The standard InChI is InChI=1S/C31H41N3O7Si/c1-19-28(42(3,4)40)26(16-27(37)33-14-8-11-23(33)18-35)41-31(19)24-12-5-6-13-25(24)34(30(31)39)17-21-9-7-10-22(15-21)32-29(38)20(2)36/h5-7,9-10,12-13,15,19-20,23,26,28,35-36,40H,8,11,14,16-18H2,1-4H3,(H,32,38)/t19-,20+,23+,26+,28-,31+/m1/s1. The highest BCUT2D eigenvalue weighted by Gasteiger charge is 2.66. The molecule has 42 heavy (non-hydrogen) atoms. The summed E-state index contributed by atoms with van der Waals surface area (Å²) in [6.07, 6.45) is -0.200. The van der Waals surface area contributed by atoms with Crippen LogP contribution in [0.5, 0.6) is 0 Å². The Morgan fingerprint density at radius 2 is 1.93 bits per heavy atom. The zero-order valence-corrected chi connectivity index (χ0v) is 25.6. The van der Waals surface area contributed by atoms with Crippen LogP contribution >= 0.6 is 0 Å². The Morgan fingerprint density at radius 3 is 2.62 bits per heavy atom. The number of para-hydroxylation sites is 1. The van der Waals surface area contributed by atoms with Gasteiger partial charge in [-0.25, -0.2) is 0 Å². The first-order chi connectivity index (χ1) is 19.9. The zero-order chi connectivity index (χ0) is 30.4. The number of likely N-dealkylation sites (tertiary alicyclic amines) is 1. The number of carbonyl (C=O) groups excluding carboxylic acids is 3. The van der Waals surface area contributed by atoms with Gasteiger partial charge in [0.25, 0.3) is 11.8 Å². The normalized spacial score (nSPS) is 27.9. The number of aliphatic hydroxyl groups is 2. The van der Waals surface area contributed by atoms with E-state index in [0.29, 0.717) is 23.5 Å². The summed E-state index contributed by atoms with van der Waals surface area (Å²) in [6.45, 7) is 7.69. The fraction of sp³-hybridized carbons (Fsp3) is 0.516. The third-order valence-corrected chi connectivity index (χ3v) is 11.6. The van der Waals surface area contributed by atoms with E-state index >= 15 is 0 Å². The van der Waals surface area contributed by atoms with Crippen LogP contribution in [-0.4, -0.2) is 77.3 Å². The lowest BCUT2D eigenvalue weighted by Crippen LogP contribution is -2.46. The molecule has 4 N–H and O–H groups in total. The number of nitrogens with zero attached hydrogens (tertiary/aromatic N) is 2. The summed E-state index contributed by atoms with van der Waals surface area (Å²) in [6, 6.07) is 14.4. The van der Waals surface area contributed by atoms with Crippen LogP contribution in [0.1, 0.15) is 44.2 Å². The van der Waals surface area contributed by atoms with Crippen LogP contribution in [-0.2, 0) is 31.3 Å². The smallest absolute Gasteiger partial charge is 0.264 e. The molecule has 3 aliphatic rings. The van der Waals surface area contributed by atoms with Gasteiger partial charge < -0.3 is 34.9 Å². The summed E-state index contributed by atoms with van der Waals surface area (Å²) in [7, 11) is -2.93. The van der Waals surface area contributed by atoms with Crippen molar-refractivity contribution in [3.8, 4) is 0 Å². The highest BCUT2D eigenvalue weighted by molar-refractivity contribution is 6.71. The second kappa shape index (κ2) is 11.5. The highest BCUT2D eigenvalue weighted by atomic mass is 28.4. The van der Waals surface area contributed by atoms with Crippen LogP contribution in [0.15, 0.2) is 48.5 Å². The van der Waals surface area contributed by atoms with Crippen LogP contribution in [0.3, 0.4) is 0 Å². The molecule has 0 radical (unpaired) electrons. The van der Waals surface area contributed by atoms with E-state index in [2.05, 4.69) is 5.32 Å². The number of hydrogen-bond donors (Lipinski definition) is 4. The van der Waals surface area contributed by atoms with Crippen molar-refractivity contribution in [2.24, 2.45) is 5.92 Å². The van der Waals surface area contributed by atoms with E-state index in [1.54, 1.807) is 28.0 Å². The van der Waals surface area contributed by atoms with Crippen molar-refractivity contribution in [3.63, 3.8) is 0 Å². The topological polar surface area (TPSA) is 140 Å². The van der Waals surface area contributed by atoms with Gasteiger partial charge in [-0.2, -0.15) is 0 Å². The minimum Gasteiger partial charge on any atom is -0.432 e. The largest absolute Gasteiger partial charge is 0.432 e. The van der Waals surface area contributed by atoms with Crippen molar-refractivity contribution in [1.82, 2.24) is 4.90 Å². The minimum absolute atomic E-state index is 0.0325. The molecule has 2 aromatic rings. The van der Waals surface area contributed by atoms with E-state index in [-0.39, 0.29) is 43.0 Å². The van der Waals surface area contributed by atoms with Crippen molar-refractivity contribution >= 4 is 37.4 Å². The molecule has 3 amide bonds. The summed E-state index contributed by atoms with van der Waals surface area (Å²) in [5.41, 5.74) is 0.956. The number of benzene rings is 2. The van der Waals surface area contributed by atoms with E-state index in [9.17, 15) is 29.4 Å². The first kappa shape index (κ1) is 30.4. The van der Waals surface area contributed by atoms with Crippen LogP contribution in [0.25, 0.3) is 0 Å². The summed E-state index contributed by atoms with van der Waals surface area (Å²) in [5.74, 6) is -1.30. The van der Waals surface area contributed by atoms with Gasteiger partial charge >= 0.3 is 0 Å². The summed E-state index contributed by atoms with van der Waals surface area (Å²) < 4.78 is 6.76. The maximum atomic E-state index is 14.5. The second-order valence-corrected chi connectivity index (χ2v) is 16.4. The Morgan fingerprint density at radius 1 is 1.19 bits per heavy atom. The Labute approximate surface area is 247 Å². The molecule has 0 bridgehead atoms. The fourth-order valence-corrected chi connectivity index (χ4v) is 9.76. The third kappa shape index (κ3) is 5.28. The van der Waals surface area contributed by atoms with Gasteiger partial charge in [0.05, 0.1) is 37.4 Å². The molecule has 2 aromatic carbocycles. The highest BCUT2D eigenvalue weighted by Crippen LogP contribution is 2.59. The molecule has 3 heterocycles. The number of amides is 3. The quantitative estimate of drug-likeness (QED) is 0.344. The average Bonchev–Trinajstić information content (AvgIpc) is 3.59. The monoisotopic (exact) mass is 595 g/mol. The van der Waals surface area contributed by atoms with Crippen LogP contribution in [0.4, 0.5) is 11.4 Å². The SMILES string of the molecule is C[C@H](O)C(=O)Nc1cccc(CN2C(=O)[C@@]3(O[C@@H](CC(=O)N4CCC[C@H]4CO)[C@H]([Si](C)(C)O)[C@H]3C)c3ccccc32)c1. The number of aliphatic hydroxyl groups excluding tert-OH is 2. The van der Waals surface area contributed by atoms with Crippen molar-refractivity contribution in [2.45, 2.75) is 82.1 Å². The first-order valence-electron chi connectivity index (χ1n) is 14.7. The molecule has 2 fully saturated rings. The Hall–Kier alpha value is -3.09. The Kier molecular flexibility index (Phi) is 8.34. The number of ether oxygens (including phenoxy) is 1. The number of carbonyl (C=O) groups is 3. The van der Waals surface area contributed by atoms with E-state index in [0.717, 1.165) is 18.4 Å². The summed E-state index contributed by atoms with van der Waals surface area (Å²) >= 11 is 0. The predicted octanol–water partition coefficient (Wildman–Crippen LogP) is 2.72. The third-order valence-electron chi connectivity index (χ3n) is 9.09. The molecule has 11 heteroatoms. The average molecular weight is 596 g/mol. The second-order valence-electron chi connectivity index (χ2n) is 12.4. The molecule has 0 aromatic heterocycles. The number of hydrogen-bond acceptors (Lipinski definition) is 7. The maximum absolute atomic E-state index is 14.5. The van der Waals surface area contributed by atoms with Gasteiger partial charge in [-0.3, -0.25) is 14.4 Å². The van der Waals surface area contributed by atoms with Crippen molar-refractivity contribution in [2.75, 3.05) is 23.4 Å². The van der Waals surface area contributed by atoms with E-state index in [4.69, 9.17) is 4.74 Å². The molecule has 2 saturated heterocycles. The minimum atomic E-state index is -2.93. The molecule has 1 spiro atoms. The zero-order valence-electron chi connectivity index (χ0n) is 24.6. The van der Waals surface area contributed by atoms with Crippen LogP contribution in [0.2, 0.25) is 18.6 Å². The van der Waals surface area contributed by atoms with Gasteiger partial charge in [0, 0.05) is 29.3 Å². The lowest BCUT2D eigenvalue weighted by atomic mass is 9.82. The Bertz CT molecular complexity index is 1360. The molecule has 6 atom stereocenters. The molecule has 0 unspecified atom stereocenters. The van der Waals surface area contributed by atoms with E-state index < -0.39 is 38.0 Å². The van der Waals surface area contributed by atoms with Crippen LogP contribution in [0, 0.1) is 5.92 Å². The van der Waals surface area contributed by atoms with Gasteiger partial charge in [0.15, 0.2) is 13.9 Å². The van der Waals surface area contributed by atoms with E-state index in [1.807, 2.05) is 50.3 Å². The predicted molar refractivity (Wildman–Crippen MR) is 160 cm³/mol. The number of anilines is 2. The van der Waals surface area contributed by atoms with Crippen molar-refractivity contribution in [3.05, 3.63) is 59.7 Å². The van der Waals surface area contributed by atoms with Gasteiger partial charge in [-0.1, -0.05) is 37.3 Å². The molecular formula is C31H41N3O7Si. The Balaban J connectivity index is 1.47.